The normalized spacial score (nSPS) is 41.3. The first-order valence-electron chi connectivity index (χ1n) is 14.0. The van der Waals surface area contributed by atoms with E-state index in [0.29, 0.717) is 5.92 Å². The molecule has 34 heavy (non-hydrogen) atoms. The Bertz CT molecular complexity index is 915. The molecule has 2 unspecified atom stereocenters. The van der Waals surface area contributed by atoms with Crippen molar-refractivity contribution in [1.82, 2.24) is 0 Å². The van der Waals surface area contributed by atoms with Gasteiger partial charge in [0, 0.05) is 12.3 Å². The summed E-state index contributed by atoms with van der Waals surface area (Å²) in [7, 11) is 0. The lowest BCUT2D eigenvalue weighted by Gasteiger charge is -2.60. The van der Waals surface area contributed by atoms with Crippen molar-refractivity contribution in [3.8, 4) is 0 Å². The first-order valence-corrected chi connectivity index (χ1v) is 14.0. The quantitative estimate of drug-likeness (QED) is 0.299. The van der Waals surface area contributed by atoms with E-state index < -0.39 is 0 Å². The SMILES string of the molecule is CC(=O)O[C@H]1CC[C@]2(C)C3=C(CC[C@H]2C1(C)C)[C@]1(C)CCC(C(C)CCC=C(C)C)[C@@]1(C)C=C3. The van der Waals surface area contributed by atoms with Gasteiger partial charge in [-0.15, -0.1) is 0 Å². The third kappa shape index (κ3) is 3.77. The number of carbonyl (C=O) groups excluding carboxylic acids is 1. The van der Waals surface area contributed by atoms with Crippen LogP contribution in [0.5, 0.6) is 0 Å². The highest BCUT2D eigenvalue weighted by Gasteiger charge is 2.62. The van der Waals surface area contributed by atoms with E-state index in [-0.39, 0.29) is 33.7 Å². The molecule has 0 amide bonds. The van der Waals surface area contributed by atoms with Gasteiger partial charge in [-0.05, 0) is 105 Å². The van der Waals surface area contributed by atoms with Crippen LogP contribution in [0.1, 0.15) is 114 Å². The Morgan fingerprint density at radius 3 is 2.44 bits per heavy atom. The van der Waals surface area contributed by atoms with Crippen LogP contribution in [-0.4, -0.2) is 12.1 Å². The highest BCUT2D eigenvalue weighted by molar-refractivity contribution is 5.66. The van der Waals surface area contributed by atoms with Gasteiger partial charge in [-0.25, -0.2) is 0 Å². The topological polar surface area (TPSA) is 26.3 Å². The Hall–Kier alpha value is -1.31. The third-order valence-corrected chi connectivity index (χ3v) is 11.4. The Morgan fingerprint density at radius 1 is 1.09 bits per heavy atom. The smallest absolute Gasteiger partial charge is 0.302 e. The Labute approximate surface area is 209 Å². The molecule has 2 fully saturated rings. The standard InChI is InChI=1S/C32H50O2/c1-21(2)11-10-12-22(3)24-15-19-32(9)26-13-14-27-29(5,6)28(34-23(4)33)17-18-30(27,7)25(26)16-20-31(24,32)8/h11,16,20,22,24,27-28H,10,12-15,17-19H2,1-9H3/t22?,24?,27-,28-,30+,31+,32-/m0/s1. The van der Waals surface area contributed by atoms with E-state index in [1.165, 1.54) is 44.1 Å². The van der Waals surface area contributed by atoms with Crippen molar-refractivity contribution in [3.05, 3.63) is 34.9 Å². The fourth-order valence-electron chi connectivity index (χ4n) is 9.25. The highest BCUT2D eigenvalue weighted by Crippen LogP contribution is 2.70. The van der Waals surface area contributed by atoms with Crippen molar-refractivity contribution < 1.29 is 9.53 Å². The van der Waals surface area contributed by atoms with Gasteiger partial charge in [-0.1, -0.05) is 70.9 Å². The van der Waals surface area contributed by atoms with Crippen LogP contribution in [0, 0.1) is 39.4 Å². The van der Waals surface area contributed by atoms with Gasteiger partial charge in [0.25, 0.3) is 0 Å². The summed E-state index contributed by atoms with van der Waals surface area (Å²) in [5.41, 5.74) is 5.58. The lowest BCUT2D eigenvalue weighted by Crippen LogP contribution is -2.55. The van der Waals surface area contributed by atoms with E-state index in [2.05, 4.69) is 73.6 Å². The highest BCUT2D eigenvalue weighted by atomic mass is 16.5. The predicted molar refractivity (Wildman–Crippen MR) is 142 cm³/mol. The third-order valence-electron chi connectivity index (χ3n) is 11.4. The first kappa shape index (κ1) is 25.8. The van der Waals surface area contributed by atoms with Gasteiger partial charge in [-0.2, -0.15) is 0 Å². The van der Waals surface area contributed by atoms with Crippen LogP contribution in [0.3, 0.4) is 0 Å². The molecule has 0 bridgehead atoms. The van der Waals surface area contributed by atoms with Gasteiger partial charge in [0.2, 0.25) is 0 Å². The van der Waals surface area contributed by atoms with Gasteiger partial charge >= 0.3 is 5.97 Å². The molecule has 4 rings (SSSR count). The van der Waals surface area contributed by atoms with Crippen LogP contribution in [0.15, 0.2) is 34.9 Å². The molecule has 4 aliphatic carbocycles. The molecule has 7 atom stereocenters. The zero-order chi connectivity index (χ0) is 25.1. The van der Waals surface area contributed by atoms with Crippen molar-refractivity contribution in [3.63, 3.8) is 0 Å². The lowest BCUT2D eigenvalue weighted by molar-refractivity contribution is -0.166. The summed E-state index contributed by atoms with van der Waals surface area (Å²) in [6.07, 6.45) is 17.4. The van der Waals surface area contributed by atoms with E-state index in [1.807, 2.05) is 0 Å². The van der Waals surface area contributed by atoms with Gasteiger partial charge in [-0.3, -0.25) is 4.79 Å². The minimum Gasteiger partial charge on any atom is -0.462 e. The summed E-state index contributed by atoms with van der Waals surface area (Å²) in [5, 5.41) is 0. The average molecular weight is 467 g/mol. The summed E-state index contributed by atoms with van der Waals surface area (Å²) < 4.78 is 5.85. The second-order valence-corrected chi connectivity index (χ2v) is 13.8. The Morgan fingerprint density at radius 2 is 1.79 bits per heavy atom. The molecule has 0 heterocycles. The van der Waals surface area contributed by atoms with Gasteiger partial charge in [0.05, 0.1) is 0 Å². The van der Waals surface area contributed by atoms with E-state index in [4.69, 9.17) is 4.74 Å². The lowest BCUT2D eigenvalue weighted by atomic mass is 9.45. The maximum absolute atomic E-state index is 11.8. The number of rotatable bonds is 5. The van der Waals surface area contributed by atoms with E-state index in [9.17, 15) is 4.79 Å². The zero-order valence-corrected chi connectivity index (χ0v) is 23.5. The molecule has 190 valence electrons. The molecule has 0 aromatic carbocycles. The van der Waals surface area contributed by atoms with Crippen molar-refractivity contribution in [2.75, 3.05) is 0 Å². The minimum absolute atomic E-state index is 0.00431. The molecular formula is C32H50O2. The van der Waals surface area contributed by atoms with Crippen molar-refractivity contribution in [1.29, 1.82) is 0 Å². The van der Waals surface area contributed by atoms with Gasteiger partial charge < -0.3 is 4.74 Å². The Balaban J connectivity index is 1.64. The fourth-order valence-corrected chi connectivity index (χ4v) is 9.25. The summed E-state index contributed by atoms with van der Waals surface area (Å²) in [6.45, 7) is 20.9. The Kier molecular flexibility index (Phi) is 6.57. The number of hydrogen-bond donors (Lipinski definition) is 0. The largest absolute Gasteiger partial charge is 0.462 e. The molecule has 0 aromatic rings. The van der Waals surface area contributed by atoms with Gasteiger partial charge in [0.15, 0.2) is 0 Å². The summed E-state index contributed by atoms with van der Waals surface area (Å²) in [5.74, 6) is 1.93. The fraction of sp³-hybridized carbons (Fsp3) is 0.781. The molecule has 0 aliphatic heterocycles. The van der Waals surface area contributed by atoms with Crippen LogP contribution >= 0.6 is 0 Å². The van der Waals surface area contributed by atoms with Crippen LogP contribution in [0.2, 0.25) is 0 Å². The molecule has 2 nitrogen and oxygen atoms in total. The maximum Gasteiger partial charge on any atom is 0.302 e. The second-order valence-electron chi connectivity index (χ2n) is 13.8. The average Bonchev–Trinajstić information content (AvgIpc) is 3.01. The monoisotopic (exact) mass is 466 g/mol. The summed E-state index contributed by atoms with van der Waals surface area (Å²) in [6, 6.07) is 0. The van der Waals surface area contributed by atoms with Crippen LogP contribution in [-0.2, 0) is 9.53 Å². The van der Waals surface area contributed by atoms with E-state index >= 15 is 0 Å². The molecule has 0 saturated heterocycles. The molecule has 0 aromatic heterocycles. The molecule has 4 aliphatic rings. The molecular weight excluding hydrogens is 416 g/mol. The summed E-state index contributed by atoms with van der Waals surface area (Å²) >= 11 is 0. The first-order chi connectivity index (χ1) is 15.8. The molecule has 2 heteroatoms. The van der Waals surface area contributed by atoms with Crippen molar-refractivity contribution in [2.24, 2.45) is 39.4 Å². The van der Waals surface area contributed by atoms with Crippen LogP contribution in [0.25, 0.3) is 0 Å². The van der Waals surface area contributed by atoms with Crippen LogP contribution in [0.4, 0.5) is 0 Å². The number of allylic oxidation sites excluding steroid dienone is 6. The zero-order valence-electron chi connectivity index (χ0n) is 23.5. The number of fused-ring (bicyclic) bond motifs is 4. The summed E-state index contributed by atoms with van der Waals surface area (Å²) in [4.78, 5) is 11.8. The molecule has 0 spiro atoms. The number of esters is 1. The second kappa shape index (κ2) is 8.67. The van der Waals surface area contributed by atoms with Crippen LogP contribution < -0.4 is 0 Å². The molecule has 0 N–H and O–H groups in total. The predicted octanol–water partition coefficient (Wildman–Crippen LogP) is 8.83. The molecule has 2 saturated carbocycles. The minimum atomic E-state index is -0.131. The number of ether oxygens (including phenoxy) is 1. The molecule has 0 radical (unpaired) electrons. The number of carbonyl (C=O) groups is 1. The number of hydrogen-bond acceptors (Lipinski definition) is 2. The van der Waals surface area contributed by atoms with E-state index in [1.54, 1.807) is 18.1 Å². The van der Waals surface area contributed by atoms with E-state index in [0.717, 1.165) is 24.7 Å². The maximum atomic E-state index is 11.8. The van der Waals surface area contributed by atoms with Crippen molar-refractivity contribution in [2.45, 2.75) is 120 Å². The van der Waals surface area contributed by atoms with Gasteiger partial charge in [0.1, 0.15) is 6.10 Å². The van der Waals surface area contributed by atoms with Crippen molar-refractivity contribution >= 4 is 5.97 Å².